The smallest absolute Gasteiger partial charge is 0.222 e. The zero-order valence-corrected chi connectivity index (χ0v) is 17.7. The van der Waals surface area contributed by atoms with Crippen LogP contribution in [0.1, 0.15) is 55.6 Å². The molecule has 5 heteroatoms. The van der Waals surface area contributed by atoms with Gasteiger partial charge < -0.3 is 4.90 Å². The van der Waals surface area contributed by atoms with E-state index in [0.717, 1.165) is 62.5 Å². The summed E-state index contributed by atoms with van der Waals surface area (Å²) in [5, 5.41) is 0. The summed E-state index contributed by atoms with van der Waals surface area (Å²) < 4.78 is 2.05. The number of hydrogen-bond donors (Lipinski definition) is 0. The molecule has 0 radical (unpaired) electrons. The molecule has 3 heterocycles. The maximum absolute atomic E-state index is 12.8. The molecule has 5 nitrogen and oxygen atoms in total. The van der Waals surface area contributed by atoms with Crippen molar-refractivity contribution in [2.45, 2.75) is 51.4 Å². The summed E-state index contributed by atoms with van der Waals surface area (Å²) in [4.78, 5) is 24.2. The van der Waals surface area contributed by atoms with Gasteiger partial charge in [-0.2, -0.15) is 0 Å². The fourth-order valence-electron chi connectivity index (χ4n) is 4.30. The second-order valence-electron chi connectivity index (χ2n) is 8.01. The standard InChI is InChI=1S/C25H30N4O/c1-2-23-26-16-18-29(23)24-14-7-13-22(27-24)21-12-8-17-28(19-21)25(30)15-6-11-20-9-4-3-5-10-20/h3-5,7,9-10,13-14,16,18,21H,2,6,8,11-12,15,17,19H2,1H3. The summed E-state index contributed by atoms with van der Waals surface area (Å²) in [5.74, 6) is 2.49. The van der Waals surface area contributed by atoms with Crippen LogP contribution in [0.2, 0.25) is 0 Å². The molecular formula is C25H30N4O. The van der Waals surface area contributed by atoms with Crippen LogP contribution in [-0.2, 0) is 17.6 Å². The Balaban J connectivity index is 1.38. The second-order valence-corrected chi connectivity index (χ2v) is 8.01. The maximum Gasteiger partial charge on any atom is 0.222 e. The van der Waals surface area contributed by atoms with Crippen molar-refractivity contribution in [3.63, 3.8) is 0 Å². The molecular weight excluding hydrogens is 372 g/mol. The Morgan fingerprint density at radius 1 is 1.13 bits per heavy atom. The molecule has 1 amide bonds. The van der Waals surface area contributed by atoms with Crippen molar-refractivity contribution in [3.05, 3.63) is 78.0 Å². The number of aromatic nitrogens is 3. The van der Waals surface area contributed by atoms with Gasteiger partial charge in [-0.15, -0.1) is 0 Å². The van der Waals surface area contributed by atoms with Gasteiger partial charge in [0.1, 0.15) is 11.6 Å². The number of amides is 1. The normalized spacial score (nSPS) is 16.6. The third kappa shape index (κ3) is 4.78. The fraction of sp³-hybridized carbons (Fsp3) is 0.400. The SMILES string of the molecule is CCc1nccn1-c1cccc(C2CCCN(C(=O)CCCc3ccccc3)C2)n1. The van der Waals surface area contributed by atoms with E-state index in [1.165, 1.54) is 5.56 Å². The first-order chi connectivity index (χ1) is 14.7. The molecule has 1 saturated heterocycles. The van der Waals surface area contributed by atoms with Crippen LogP contribution in [0.25, 0.3) is 5.82 Å². The number of benzene rings is 1. The van der Waals surface area contributed by atoms with Gasteiger partial charge in [0.05, 0.1) is 0 Å². The summed E-state index contributed by atoms with van der Waals surface area (Å²) >= 11 is 0. The number of pyridine rings is 1. The summed E-state index contributed by atoms with van der Waals surface area (Å²) in [6, 6.07) is 16.6. The Labute approximate surface area is 178 Å². The lowest BCUT2D eigenvalue weighted by molar-refractivity contribution is -0.132. The minimum atomic E-state index is 0.273. The molecule has 0 aliphatic carbocycles. The molecule has 30 heavy (non-hydrogen) atoms. The molecule has 1 aliphatic rings. The number of carbonyl (C=O) groups excluding carboxylic acids is 1. The van der Waals surface area contributed by atoms with Crippen LogP contribution in [0.3, 0.4) is 0 Å². The minimum Gasteiger partial charge on any atom is -0.342 e. The molecule has 0 N–H and O–H groups in total. The Kier molecular flexibility index (Phi) is 6.57. The van der Waals surface area contributed by atoms with Crippen LogP contribution in [0.4, 0.5) is 0 Å². The largest absolute Gasteiger partial charge is 0.342 e. The van der Waals surface area contributed by atoms with Crippen molar-refractivity contribution < 1.29 is 4.79 Å². The minimum absolute atomic E-state index is 0.273. The first-order valence-electron chi connectivity index (χ1n) is 11.1. The van der Waals surface area contributed by atoms with E-state index >= 15 is 0 Å². The number of rotatable bonds is 7. The highest BCUT2D eigenvalue weighted by Crippen LogP contribution is 2.27. The van der Waals surface area contributed by atoms with E-state index in [2.05, 4.69) is 52.9 Å². The van der Waals surface area contributed by atoms with Gasteiger partial charge in [-0.3, -0.25) is 9.36 Å². The Bertz CT molecular complexity index is 966. The van der Waals surface area contributed by atoms with E-state index in [0.29, 0.717) is 12.3 Å². The fourth-order valence-corrected chi connectivity index (χ4v) is 4.30. The molecule has 0 saturated carbocycles. The number of hydrogen-bond acceptors (Lipinski definition) is 3. The molecule has 0 spiro atoms. The van der Waals surface area contributed by atoms with Crippen molar-refractivity contribution >= 4 is 5.91 Å². The van der Waals surface area contributed by atoms with E-state index in [-0.39, 0.29) is 5.91 Å². The van der Waals surface area contributed by atoms with Gasteiger partial charge in [-0.05, 0) is 43.4 Å². The van der Waals surface area contributed by atoms with Crippen LogP contribution in [0.5, 0.6) is 0 Å². The van der Waals surface area contributed by atoms with Gasteiger partial charge in [0.15, 0.2) is 0 Å². The molecule has 1 unspecified atom stereocenters. The monoisotopic (exact) mass is 402 g/mol. The number of piperidine rings is 1. The Morgan fingerprint density at radius 2 is 2.00 bits per heavy atom. The molecule has 2 aromatic heterocycles. The van der Waals surface area contributed by atoms with E-state index in [1.54, 1.807) is 0 Å². The quantitative estimate of drug-likeness (QED) is 0.582. The van der Waals surface area contributed by atoms with Gasteiger partial charge >= 0.3 is 0 Å². The molecule has 4 rings (SSSR count). The van der Waals surface area contributed by atoms with Gasteiger partial charge in [-0.1, -0.05) is 43.3 Å². The zero-order valence-electron chi connectivity index (χ0n) is 17.7. The van der Waals surface area contributed by atoms with Gasteiger partial charge in [-0.25, -0.2) is 9.97 Å². The lowest BCUT2D eigenvalue weighted by Gasteiger charge is -2.32. The summed E-state index contributed by atoms with van der Waals surface area (Å²) in [5.41, 5.74) is 2.37. The molecule has 1 fully saturated rings. The summed E-state index contributed by atoms with van der Waals surface area (Å²) in [7, 11) is 0. The van der Waals surface area contributed by atoms with E-state index in [1.807, 2.05) is 29.4 Å². The number of imidazole rings is 1. The van der Waals surface area contributed by atoms with E-state index in [4.69, 9.17) is 4.98 Å². The second kappa shape index (κ2) is 9.70. The molecule has 0 bridgehead atoms. The average Bonchev–Trinajstić information content (AvgIpc) is 3.29. The number of aryl methyl sites for hydroxylation is 2. The lowest BCUT2D eigenvalue weighted by atomic mass is 9.94. The van der Waals surface area contributed by atoms with Crippen LogP contribution in [0, 0.1) is 0 Å². The highest BCUT2D eigenvalue weighted by molar-refractivity contribution is 5.76. The third-order valence-corrected chi connectivity index (χ3v) is 5.93. The average molecular weight is 403 g/mol. The molecule has 1 aliphatic heterocycles. The third-order valence-electron chi connectivity index (χ3n) is 5.93. The predicted octanol–water partition coefficient (Wildman–Crippen LogP) is 4.56. The Hall–Kier alpha value is -2.95. The topological polar surface area (TPSA) is 51.0 Å². The number of likely N-dealkylation sites (tertiary alicyclic amines) is 1. The van der Waals surface area contributed by atoms with Crippen molar-refractivity contribution in [2.75, 3.05) is 13.1 Å². The highest BCUT2D eigenvalue weighted by atomic mass is 16.2. The number of nitrogens with zero attached hydrogens (tertiary/aromatic N) is 4. The zero-order chi connectivity index (χ0) is 20.8. The van der Waals surface area contributed by atoms with Crippen LogP contribution >= 0.6 is 0 Å². The van der Waals surface area contributed by atoms with Crippen molar-refractivity contribution in [2.24, 2.45) is 0 Å². The van der Waals surface area contributed by atoms with Crippen LogP contribution < -0.4 is 0 Å². The molecule has 1 aromatic carbocycles. The van der Waals surface area contributed by atoms with Gasteiger partial charge in [0.2, 0.25) is 5.91 Å². The van der Waals surface area contributed by atoms with Crippen molar-refractivity contribution in [3.8, 4) is 5.82 Å². The van der Waals surface area contributed by atoms with Crippen molar-refractivity contribution in [1.29, 1.82) is 0 Å². The molecule has 1 atom stereocenters. The van der Waals surface area contributed by atoms with Crippen LogP contribution in [-0.4, -0.2) is 38.4 Å². The van der Waals surface area contributed by atoms with Gasteiger partial charge in [0.25, 0.3) is 0 Å². The van der Waals surface area contributed by atoms with E-state index in [9.17, 15) is 4.79 Å². The highest BCUT2D eigenvalue weighted by Gasteiger charge is 2.25. The summed E-state index contributed by atoms with van der Waals surface area (Å²) in [6.45, 7) is 3.73. The predicted molar refractivity (Wildman–Crippen MR) is 119 cm³/mol. The molecule has 3 aromatic rings. The molecule has 156 valence electrons. The lowest BCUT2D eigenvalue weighted by Crippen LogP contribution is -2.39. The van der Waals surface area contributed by atoms with Crippen LogP contribution in [0.15, 0.2) is 60.9 Å². The maximum atomic E-state index is 12.8. The summed E-state index contributed by atoms with van der Waals surface area (Å²) in [6.07, 6.45) is 9.24. The number of carbonyl (C=O) groups is 1. The first-order valence-corrected chi connectivity index (χ1v) is 11.1. The van der Waals surface area contributed by atoms with E-state index < -0.39 is 0 Å². The van der Waals surface area contributed by atoms with Crippen molar-refractivity contribution in [1.82, 2.24) is 19.4 Å². The first kappa shape index (κ1) is 20.3. The Morgan fingerprint density at radius 3 is 2.83 bits per heavy atom. The van der Waals surface area contributed by atoms with Gasteiger partial charge in [0, 0.05) is 49.9 Å².